The minimum Gasteiger partial charge on any atom is -0.491 e. The molecular formula is C39H42O5. The first-order chi connectivity index (χ1) is 21.5. The van der Waals surface area contributed by atoms with Crippen LogP contribution < -0.4 is 4.74 Å². The molecular weight excluding hydrogens is 548 g/mol. The molecule has 228 valence electrons. The van der Waals surface area contributed by atoms with E-state index in [0.717, 1.165) is 23.3 Å². The largest absolute Gasteiger partial charge is 0.491 e. The minimum atomic E-state index is -0.624. The second-order valence-electron chi connectivity index (χ2n) is 11.1. The quantitative estimate of drug-likeness (QED) is 0.116. The van der Waals surface area contributed by atoms with Crippen molar-refractivity contribution in [3.8, 4) is 5.75 Å². The summed E-state index contributed by atoms with van der Waals surface area (Å²) >= 11 is 0. The number of hydrogen-bond acceptors (Lipinski definition) is 5. The Balaban J connectivity index is 1.28. The van der Waals surface area contributed by atoms with Crippen LogP contribution >= 0.6 is 0 Å². The maximum absolute atomic E-state index is 12.1. The van der Waals surface area contributed by atoms with Crippen molar-refractivity contribution in [2.75, 3.05) is 26.9 Å². The fourth-order valence-corrected chi connectivity index (χ4v) is 5.69. The lowest BCUT2D eigenvalue weighted by molar-refractivity contribution is -0.154. The summed E-state index contributed by atoms with van der Waals surface area (Å²) in [5.74, 6) is 0.687. The zero-order valence-corrected chi connectivity index (χ0v) is 26.1. The highest BCUT2D eigenvalue weighted by molar-refractivity contribution is 5.77. The molecule has 4 aromatic rings. The van der Waals surface area contributed by atoms with Crippen LogP contribution in [0.5, 0.6) is 5.75 Å². The third kappa shape index (κ3) is 7.47. The Kier molecular flexibility index (Phi) is 10.7. The Morgan fingerprint density at radius 3 is 2.14 bits per heavy atom. The van der Waals surface area contributed by atoms with Crippen molar-refractivity contribution in [3.63, 3.8) is 0 Å². The molecule has 5 heteroatoms. The molecule has 0 amide bonds. The Labute approximate surface area is 261 Å². The fraction of sp³-hybridized carbons (Fsp3) is 0.308. The first-order valence-corrected chi connectivity index (χ1v) is 15.5. The molecule has 0 radical (unpaired) electrons. The molecule has 0 fully saturated rings. The normalized spacial score (nSPS) is 15.0. The van der Waals surface area contributed by atoms with Gasteiger partial charge in [-0.25, -0.2) is 4.79 Å². The van der Waals surface area contributed by atoms with Gasteiger partial charge in [0.05, 0.1) is 13.2 Å². The van der Waals surface area contributed by atoms with E-state index < -0.39 is 6.10 Å². The Morgan fingerprint density at radius 2 is 1.45 bits per heavy atom. The molecule has 4 aromatic carbocycles. The zero-order valence-electron chi connectivity index (χ0n) is 26.1. The van der Waals surface area contributed by atoms with E-state index in [2.05, 4.69) is 92.7 Å². The number of ether oxygens (including phenoxy) is 4. The van der Waals surface area contributed by atoms with Crippen molar-refractivity contribution in [1.29, 1.82) is 0 Å². The molecule has 0 bridgehead atoms. The highest BCUT2D eigenvalue weighted by Gasteiger charge is 2.24. The standard InChI is InChI=1S/C39H42O5/c1-5-28-14-20-35-32(24-28)15-16-33-26-31(27(3)30-10-8-7-9-11-30)17-21-36(33)38(35)44-23-22-43-34-18-12-29(13-19-34)25-37(41-4)39(40)42-6-2/h7-21,24,26-27,37-38H,5-6,22-23,25H2,1-4H3. The molecule has 44 heavy (non-hydrogen) atoms. The van der Waals surface area contributed by atoms with Gasteiger partial charge >= 0.3 is 5.97 Å². The van der Waals surface area contributed by atoms with E-state index in [1.807, 2.05) is 24.3 Å². The number of carbonyl (C=O) groups is 1. The van der Waals surface area contributed by atoms with Gasteiger partial charge < -0.3 is 18.9 Å². The van der Waals surface area contributed by atoms with Gasteiger partial charge in [0.2, 0.25) is 0 Å². The summed E-state index contributed by atoms with van der Waals surface area (Å²) in [7, 11) is 1.52. The summed E-state index contributed by atoms with van der Waals surface area (Å²) in [5.41, 5.74) is 9.56. The van der Waals surface area contributed by atoms with E-state index in [-0.39, 0.29) is 18.0 Å². The number of hydrogen-bond donors (Lipinski definition) is 0. The van der Waals surface area contributed by atoms with Crippen LogP contribution in [-0.4, -0.2) is 39.0 Å². The van der Waals surface area contributed by atoms with E-state index in [9.17, 15) is 4.79 Å². The molecule has 0 aliphatic heterocycles. The number of carbonyl (C=O) groups excluding carboxylic acids is 1. The molecule has 0 N–H and O–H groups in total. The molecule has 0 spiro atoms. The molecule has 0 saturated heterocycles. The summed E-state index contributed by atoms with van der Waals surface area (Å²) in [4.78, 5) is 12.1. The summed E-state index contributed by atoms with van der Waals surface area (Å²) in [6.07, 6.45) is 5.05. The van der Waals surface area contributed by atoms with Gasteiger partial charge in [0, 0.05) is 19.4 Å². The van der Waals surface area contributed by atoms with Gasteiger partial charge in [-0.2, -0.15) is 0 Å². The summed E-state index contributed by atoms with van der Waals surface area (Å²) in [5, 5.41) is 0. The van der Waals surface area contributed by atoms with Crippen molar-refractivity contribution >= 4 is 18.1 Å². The minimum absolute atomic E-state index is 0.207. The average Bonchev–Trinajstić information content (AvgIpc) is 3.22. The van der Waals surface area contributed by atoms with Crippen molar-refractivity contribution < 1.29 is 23.7 Å². The molecule has 3 unspecified atom stereocenters. The second kappa shape index (κ2) is 15.0. The third-order valence-corrected chi connectivity index (χ3v) is 8.29. The van der Waals surface area contributed by atoms with Gasteiger partial charge in [0.25, 0.3) is 0 Å². The van der Waals surface area contributed by atoms with E-state index >= 15 is 0 Å². The fourth-order valence-electron chi connectivity index (χ4n) is 5.69. The molecule has 5 nitrogen and oxygen atoms in total. The number of methoxy groups -OCH3 is 1. The lowest BCUT2D eigenvalue weighted by Crippen LogP contribution is -2.27. The van der Waals surface area contributed by atoms with Gasteiger partial charge in [-0.3, -0.25) is 0 Å². The van der Waals surface area contributed by atoms with Crippen LogP contribution in [0.15, 0.2) is 91.0 Å². The van der Waals surface area contributed by atoms with Crippen molar-refractivity contribution in [2.45, 2.75) is 51.7 Å². The van der Waals surface area contributed by atoms with Gasteiger partial charge in [0.15, 0.2) is 6.10 Å². The number of benzene rings is 4. The van der Waals surface area contributed by atoms with Gasteiger partial charge in [-0.1, -0.05) is 105 Å². The van der Waals surface area contributed by atoms with Crippen molar-refractivity contribution in [1.82, 2.24) is 0 Å². The van der Waals surface area contributed by atoms with Crippen LogP contribution in [0.3, 0.4) is 0 Å². The predicted octanol–water partition coefficient (Wildman–Crippen LogP) is 8.19. The lowest BCUT2D eigenvalue weighted by Gasteiger charge is -2.23. The molecule has 0 saturated carbocycles. The average molecular weight is 591 g/mol. The molecule has 3 atom stereocenters. The van der Waals surface area contributed by atoms with Crippen LogP contribution in [0.1, 0.15) is 77.3 Å². The van der Waals surface area contributed by atoms with Gasteiger partial charge in [-0.05, 0) is 70.0 Å². The molecule has 0 aromatic heterocycles. The topological polar surface area (TPSA) is 54.0 Å². The number of aryl methyl sites for hydroxylation is 1. The van der Waals surface area contributed by atoms with E-state index in [1.54, 1.807) is 6.92 Å². The number of rotatable bonds is 13. The summed E-state index contributed by atoms with van der Waals surface area (Å²) in [6.45, 7) is 7.40. The van der Waals surface area contributed by atoms with Gasteiger partial charge in [-0.15, -0.1) is 0 Å². The highest BCUT2D eigenvalue weighted by Crippen LogP contribution is 2.38. The third-order valence-electron chi connectivity index (χ3n) is 8.29. The Morgan fingerprint density at radius 1 is 0.773 bits per heavy atom. The van der Waals surface area contributed by atoms with Crippen LogP contribution in [0.25, 0.3) is 12.2 Å². The van der Waals surface area contributed by atoms with Crippen molar-refractivity contribution in [3.05, 3.63) is 136 Å². The smallest absolute Gasteiger partial charge is 0.335 e. The maximum atomic E-state index is 12.1. The second-order valence-corrected chi connectivity index (χ2v) is 11.1. The van der Waals surface area contributed by atoms with E-state index in [0.29, 0.717) is 26.2 Å². The Hall–Kier alpha value is -4.19. The van der Waals surface area contributed by atoms with E-state index in [4.69, 9.17) is 18.9 Å². The van der Waals surface area contributed by atoms with E-state index in [1.165, 1.54) is 40.5 Å². The van der Waals surface area contributed by atoms with Crippen LogP contribution in [0, 0.1) is 0 Å². The summed E-state index contributed by atoms with van der Waals surface area (Å²) in [6, 6.07) is 31.8. The Bertz CT molecular complexity index is 1560. The van der Waals surface area contributed by atoms with Crippen LogP contribution in [0.2, 0.25) is 0 Å². The van der Waals surface area contributed by atoms with Crippen LogP contribution in [-0.2, 0) is 31.8 Å². The van der Waals surface area contributed by atoms with Crippen LogP contribution in [0.4, 0.5) is 0 Å². The highest BCUT2D eigenvalue weighted by atomic mass is 16.6. The zero-order chi connectivity index (χ0) is 30.9. The molecule has 1 aliphatic carbocycles. The first kappa shape index (κ1) is 31.2. The molecule has 0 heterocycles. The molecule has 1 aliphatic rings. The maximum Gasteiger partial charge on any atom is 0.335 e. The van der Waals surface area contributed by atoms with Gasteiger partial charge in [0.1, 0.15) is 18.5 Å². The number of esters is 1. The first-order valence-electron chi connectivity index (χ1n) is 15.5. The SMILES string of the molecule is CCOC(=O)C(Cc1ccc(OCCOC2c3ccc(CC)cc3C=Cc3cc(C(C)c4ccccc4)ccc32)cc1)OC. The van der Waals surface area contributed by atoms with Crippen molar-refractivity contribution in [2.24, 2.45) is 0 Å². The number of fused-ring (bicyclic) bond motifs is 2. The predicted molar refractivity (Wildman–Crippen MR) is 176 cm³/mol. The monoisotopic (exact) mass is 590 g/mol. The molecule has 5 rings (SSSR count). The lowest BCUT2D eigenvalue weighted by atomic mass is 9.89. The summed E-state index contributed by atoms with van der Waals surface area (Å²) < 4.78 is 23.1.